The van der Waals surface area contributed by atoms with Crippen LogP contribution in [0.1, 0.15) is 25.8 Å². The number of hydrogen-bond acceptors (Lipinski definition) is 4. The Balaban J connectivity index is 2.01. The number of thioether (sulfide) groups is 1. The molecule has 1 aliphatic rings. The molecule has 1 N–H and O–H groups in total. The SMILES string of the molecule is CCN(CC)C1=NC(=O)[C@H](CC(=O)Nc2ccc(Cl)c(C(F)(F)F)c2)S1. The molecule has 2 amide bonds. The molecule has 2 rings (SSSR count). The molecule has 1 atom stereocenters. The summed E-state index contributed by atoms with van der Waals surface area (Å²) in [4.78, 5) is 29.9. The minimum Gasteiger partial charge on any atom is -0.352 e. The number of rotatable bonds is 5. The minimum absolute atomic E-state index is 0.0351. The smallest absolute Gasteiger partial charge is 0.352 e. The number of carbonyl (C=O) groups is 2. The Labute approximate surface area is 158 Å². The summed E-state index contributed by atoms with van der Waals surface area (Å²) in [5.74, 6) is -0.985. The van der Waals surface area contributed by atoms with Crippen LogP contribution < -0.4 is 5.32 Å². The second-order valence-electron chi connectivity index (χ2n) is 5.46. The Hall–Kier alpha value is -1.74. The van der Waals surface area contributed by atoms with Crippen molar-refractivity contribution in [1.82, 2.24) is 4.90 Å². The highest BCUT2D eigenvalue weighted by Gasteiger charge is 2.34. The van der Waals surface area contributed by atoms with Gasteiger partial charge in [0.2, 0.25) is 5.91 Å². The van der Waals surface area contributed by atoms with Crippen LogP contribution in [0.2, 0.25) is 5.02 Å². The molecule has 26 heavy (non-hydrogen) atoms. The number of alkyl halides is 3. The van der Waals surface area contributed by atoms with E-state index in [2.05, 4.69) is 10.3 Å². The summed E-state index contributed by atoms with van der Waals surface area (Å²) < 4.78 is 38.6. The molecule has 10 heteroatoms. The summed E-state index contributed by atoms with van der Waals surface area (Å²) in [5.41, 5.74) is -1.07. The number of hydrogen-bond donors (Lipinski definition) is 1. The van der Waals surface area contributed by atoms with E-state index in [0.29, 0.717) is 18.3 Å². The van der Waals surface area contributed by atoms with E-state index in [1.807, 2.05) is 18.7 Å². The first-order chi connectivity index (χ1) is 12.2. The third kappa shape index (κ3) is 4.91. The lowest BCUT2D eigenvalue weighted by molar-refractivity contribution is -0.137. The summed E-state index contributed by atoms with van der Waals surface area (Å²) in [6.45, 7) is 5.21. The van der Waals surface area contributed by atoms with Crippen LogP contribution >= 0.6 is 23.4 Å². The van der Waals surface area contributed by atoms with E-state index >= 15 is 0 Å². The normalized spacial score (nSPS) is 17.2. The van der Waals surface area contributed by atoms with Gasteiger partial charge in [-0.05, 0) is 32.0 Å². The second-order valence-corrected chi connectivity index (χ2v) is 7.03. The minimum atomic E-state index is -4.62. The topological polar surface area (TPSA) is 61.8 Å². The molecule has 0 aromatic heterocycles. The van der Waals surface area contributed by atoms with Gasteiger partial charge in [0.25, 0.3) is 5.91 Å². The fourth-order valence-electron chi connectivity index (χ4n) is 2.34. The molecule has 0 saturated carbocycles. The first-order valence-corrected chi connectivity index (χ1v) is 9.12. The molecule has 0 radical (unpaired) electrons. The van der Waals surface area contributed by atoms with Gasteiger partial charge in [0, 0.05) is 25.2 Å². The third-order valence-electron chi connectivity index (χ3n) is 3.69. The zero-order chi connectivity index (χ0) is 19.5. The van der Waals surface area contributed by atoms with Crippen LogP contribution in [0.3, 0.4) is 0 Å². The van der Waals surface area contributed by atoms with Gasteiger partial charge in [-0.3, -0.25) is 9.59 Å². The van der Waals surface area contributed by atoms with Crippen molar-refractivity contribution in [3.8, 4) is 0 Å². The Kier molecular flexibility index (Phi) is 6.57. The van der Waals surface area contributed by atoms with Gasteiger partial charge >= 0.3 is 6.18 Å². The number of benzene rings is 1. The summed E-state index contributed by atoms with van der Waals surface area (Å²) in [6.07, 6.45) is -4.80. The Bertz CT molecular complexity index is 736. The predicted octanol–water partition coefficient (Wildman–Crippen LogP) is 4.03. The summed E-state index contributed by atoms with van der Waals surface area (Å²) >= 11 is 6.74. The van der Waals surface area contributed by atoms with Crippen molar-refractivity contribution in [2.24, 2.45) is 4.99 Å². The summed E-state index contributed by atoms with van der Waals surface area (Å²) in [6, 6.07) is 3.11. The maximum absolute atomic E-state index is 12.9. The number of carbonyl (C=O) groups excluding carboxylic acids is 2. The highest BCUT2D eigenvalue weighted by atomic mass is 35.5. The van der Waals surface area contributed by atoms with Gasteiger partial charge in [0.05, 0.1) is 10.6 Å². The second kappa shape index (κ2) is 8.30. The Morgan fingerprint density at radius 1 is 1.35 bits per heavy atom. The summed E-state index contributed by atoms with van der Waals surface area (Å²) in [5, 5.41) is 1.80. The lowest BCUT2D eigenvalue weighted by Crippen LogP contribution is -2.27. The van der Waals surface area contributed by atoms with Crippen molar-refractivity contribution < 1.29 is 22.8 Å². The van der Waals surface area contributed by atoms with Gasteiger partial charge in [-0.15, -0.1) is 0 Å². The molecule has 0 spiro atoms. The van der Waals surface area contributed by atoms with E-state index < -0.39 is 33.8 Å². The molecular formula is C16H17ClF3N3O2S. The lowest BCUT2D eigenvalue weighted by Gasteiger charge is -2.19. The van der Waals surface area contributed by atoms with Gasteiger partial charge in [-0.1, -0.05) is 23.4 Å². The fourth-order valence-corrected chi connectivity index (χ4v) is 3.76. The third-order valence-corrected chi connectivity index (χ3v) is 5.23. The maximum atomic E-state index is 12.9. The monoisotopic (exact) mass is 407 g/mol. The van der Waals surface area contributed by atoms with E-state index in [1.54, 1.807) is 0 Å². The molecule has 1 aromatic carbocycles. The van der Waals surface area contributed by atoms with Crippen molar-refractivity contribution in [2.75, 3.05) is 18.4 Å². The molecular weight excluding hydrogens is 391 g/mol. The number of halogens is 4. The summed E-state index contributed by atoms with van der Waals surface area (Å²) in [7, 11) is 0. The number of amides is 2. The van der Waals surface area contributed by atoms with E-state index in [4.69, 9.17) is 11.6 Å². The number of nitrogens with zero attached hydrogens (tertiary/aromatic N) is 2. The van der Waals surface area contributed by atoms with Gasteiger partial charge in [-0.25, -0.2) is 0 Å². The van der Waals surface area contributed by atoms with E-state index in [9.17, 15) is 22.8 Å². The highest BCUT2D eigenvalue weighted by molar-refractivity contribution is 8.15. The van der Waals surface area contributed by atoms with Crippen molar-refractivity contribution in [1.29, 1.82) is 0 Å². The van der Waals surface area contributed by atoms with Crippen LogP contribution in [0, 0.1) is 0 Å². The number of aliphatic imine (C=N–C) groups is 1. The Morgan fingerprint density at radius 3 is 2.58 bits per heavy atom. The molecule has 1 aromatic rings. The number of nitrogens with one attached hydrogen (secondary N) is 1. The predicted molar refractivity (Wildman–Crippen MR) is 96.4 cm³/mol. The maximum Gasteiger partial charge on any atom is 0.417 e. The van der Waals surface area contributed by atoms with Crippen molar-refractivity contribution in [3.05, 3.63) is 28.8 Å². The molecule has 0 saturated heterocycles. The molecule has 0 unspecified atom stereocenters. The first kappa shape index (κ1) is 20.6. The molecule has 1 heterocycles. The van der Waals surface area contributed by atoms with Crippen LogP contribution in [-0.4, -0.2) is 40.2 Å². The van der Waals surface area contributed by atoms with Crippen molar-refractivity contribution in [3.63, 3.8) is 0 Å². The average molecular weight is 408 g/mol. The number of amidine groups is 1. The lowest BCUT2D eigenvalue weighted by atomic mass is 10.2. The highest BCUT2D eigenvalue weighted by Crippen LogP contribution is 2.36. The van der Waals surface area contributed by atoms with E-state index in [-0.39, 0.29) is 12.1 Å². The first-order valence-electron chi connectivity index (χ1n) is 7.86. The molecule has 0 aliphatic carbocycles. The van der Waals surface area contributed by atoms with Gasteiger partial charge in [0.1, 0.15) is 5.25 Å². The molecule has 142 valence electrons. The van der Waals surface area contributed by atoms with Crippen molar-refractivity contribution in [2.45, 2.75) is 31.7 Å². The molecule has 0 fully saturated rings. The Morgan fingerprint density at radius 2 is 2.00 bits per heavy atom. The zero-order valence-corrected chi connectivity index (χ0v) is 15.6. The van der Waals surface area contributed by atoms with Crippen LogP contribution in [0.4, 0.5) is 18.9 Å². The van der Waals surface area contributed by atoms with E-state index in [0.717, 1.165) is 12.1 Å². The molecule has 0 bridgehead atoms. The quantitative estimate of drug-likeness (QED) is 0.800. The molecule has 5 nitrogen and oxygen atoms in total. The number of anilines is 1. The van der Waals surface area contributed by atoms with Gasteiger partial charge < -0.3 is 10.2 Å². The van der Waals surface area contributed by atoms with Gasteiger partial charge in [-0.2, -0.15) is 18.2 Å². The zero-order valence-electron chi connectivity index (χ0n) is 14.1. The van der Waals surface area contributed by atoms with Gasteiger partial charge in [0.15, 0.2) is 5.17 Å². The van der Waals surface area contributed by atoms with Crippen LogP contribution in [-0.2, 0) is 15.8 Å². The standard InChI is InChI=1S/C16H17ClF3N3O2S/c1-3-23(4-2)15-22-14(25)12(26-15)8-13(24)21-9-5-6-11(17)10(7-9)16(18,19)20/h5-7,12H,3-4,8H2,1-2H3,(H,21,24)/t12-/m0/s1. The van der Waals surface area contributed by atoms with E-state index in [1.165, 1.54) is 17.8 Å². The van der Waals surface area contributed by atoms with Crippen LogP contribution in [0.15, 0.2) is 23.2 Å². The van der Waals surface area contributed by atoms with Crippen molar-refractivity contribution >= 4 is 46.0 Å². The fraction of sp³-hybridized carbons (Fsp3) is 0.438. The van der Waals surface area contributed by atoms with Crippen LogP contribution in [0.5, 0.6) is 0 Å². The molecule has 1 aliphatic heterocycles. The van der Waals surface area contributed by atoms with Crippen LogP contribution in [0.25, 0.3) is 0 Å². The largest absolute Gasteiger partial charge is 0.417 e. The average Bonchev–Trinajstić information content (AvgIpc) is 2.90.